The lowest BCUT2D eigenvalue weighted by atomic mass is 10.0. The van der Waals surface area contributed by atoms with Crippen molar-refractivity contribution in [3.05, 3.63) is 22.5 Å². The standard InChI is InChI=1S/C14H19N3O2S3/c1-9-7-11(5-6-15-9)17-22(18,19)14-4-3-13(21-14)12-8-20-10(2)16-12/h3-4,8-9,11,15,17H,5-7H2,1-2H3. The fourth-order valence-corrected chi connectivity index (χ4v) is 5.85. The smallest absolute Gasteiger partial charge is 0.250 e. The molecule has 2 aromatic rings. The zero-order valence-electron chi connectivity index (χ0n) is 12.5. The summed E-state index contributed by atoms with van der Waals surface area (Å²) in [5.74, 6) is 0. The first-order chi connectivity index (χ1) is 10.4. The van der Waals surface area contributed by atoms with Crippen LogP contribution in [0.25, 0.3) is 10.6 Å². The number of hydrogen-bond acceptors (Lipinski definition) is 6. The fraction of sp³-hybridized carbons (Fsp3) is 0.500. The highest BCUT2D eigenvalue weighted by molar-refractivity contribution is 7.91. The van der Waals surface area contributed by atoms with Gasteiger partial charge in [-0.15, -0.1) is 22.7 Å². The van der Waals surface area contributed by atoms with E-state index in [0.717, 1.165) is 35.0 Å². The first-order valence-corrected chi connectivity index (χ1v) is 10.4. The van der Waals surface area contributed by atoms with Gasteiger partial charge in [0.15, 0.2) is 0 Å². The van der Waals surface area contributed by atoms with Crippen LogP contribution in [0, 0.1) is 6.92 Å². The highest BCUT2D eigenvalue weighted by atomic mass is 32.2. The van der Waals surface area contributed by atoms with Gasteiger partial charge in [-0.25, -0.2) is 18.1 Å². The third-order valence-corrected chi connectivity index (χ3v) is 7.56. The van der Waals surface area contributed by atoms with Gasteiger partial charge in [-0.3, -0.25) is 0 Å². The Kier molecular flexibility index (Phi) is 4.65. The molecule has 0 radical (unpaired) electrons. The van der Waals surface area contributed by atoms with Gasteiger partial charge in [0.05, 0.1) is 15.6 Å². The van der Waals surface area contributed by atoms with Gasteiger partial charge in [0.1, 0.15) is 4.21 Å². The summed E-state index contributed by atoms with van der Waals surface area (Å²) >= 11 is 2.84. The number of sulfonamides is 1. The Morgan fingerprint density at radius 3 is 2.91 bits per heavy atom. The van der Waals surface area contributed by atoms with Crippen LogP contribution in [0.5, 0.6) is 0 Å². The van der Waals surface area contributed by atoms with E-state index >= 15 is 0 Å². The largest absolute Gasteiger partial charge is 0.314 e. The average molecular weight is 358 g/mol. The quantitative estimate of drug-likeness (QED) is 0.882. The number of thiazole rings is 1. The number of nitrogens with zero attached hydrogens (tertiary/aromatic N) is 1. The lowest BCUT2D eigenvalue weighted by molar-refractivity contribution is 0.361. The minimum absolute atomic E-state index is 0.00770. The first kappa shape index (κ1) is 16.1. The van der Waals surface area contributed by atoms with Gasteiger partial charge in [0.25, 0.3) is 0 Å². The van der Waals surface area contributed by atoms with Gasteiger partial charge in [-0.2, -0.15) is 0 Å². The van der Waals surface area contributed by atoms with Gasteiger partial charge in [0, 0.05) is 17.5 Å². The SMILES string of the molecule is Cc1nc(-c2ccc(S(=O)(=O)NC3CCNC(C)C3)s2)cs1. The molecular weight excluding hydrogens is 338 g/mol. The Balaban J connectivity index is 1.76. The topological polar surface area (TPSA) is 71.1 Å². The highest BCUT2D eigenvalue weighted by Crippen LogP contribution is 2.31. The van der Waals surface area contributed by atoms with E-state index in [4.69, 9.17) is 0 Å². The van der Waals surface area contributed by atoms with Crippen LogP contribution in [-0.4, -0.2) is 32.0 Å². The maximum absolute atomic E-state index is 12.5. The number of piperidine rings is 1. The Labute approximate surface area is 138 Å². The van der Waals surface area contributed by atoms with Crippen molar-refractivity contribution in [2.24, 2.45) is 0 Å². The summed E-state index contributed by atoms with van der Waals surface area (Å²) in [6, 6.07) is 3.85. The van der Waals surface area contributed by atoms with Crippen molar-refractivity contribution in [3.63, 3.8) is 0 Å². The lowest BCUT2D eigenvalue weighted by Gasteiger charge is -2.28. The van der Waals surface area contributed by atoms with Crippen molar-refractivity contribution in [2.75, 3.05) is 6.54 Å². The molecule has 0 aliphatic carbocycles. The second-order valence-electron chi connectivity index (χ2n) is 5.57. The molecule has 2 atom stereocenters. The van der Waals surface area contributed by atoms with E-state index in [-0.39, 0.29) is 6.04 Å². The van der Waals surface area contributed by atoms with Crippen molar-refractivity contribution in [3.8, 4) is 10.6 Å². The van der Waals surface area contributed by atoms with Crippen LogP contribution in [0.1, 0.15) is 24.8 Å². The molecule has 0 bridgehead atoms. The van der Waals surface area contributed by atoms with Gasteiger partial charge >= 0.3 is 0 Å². The summed E-state index contributed by atoms with van der Waals surface area (Å²) in [5, 5.41) is 6.27. The zero-order valence-corrected chi connectivity index (χ0v) is 14.9. The molecule has 0 spiro atoms. The van der Waals surface area contributed by atoms with Gasteiger partial charge in [-0.1, -0.05) is 0 Å². The predicted molar refractivity (Wildman–Crippen MR) is 91.0 cm³/mol. The van der Waals surface area contributed by atoms with Gasteiger partial charge in [-0.05, 0) is 45.4 Å². The molecule has 0 aromatic carbocycles. The Morgan fingerprint density at radius 1 is 1.41 bits per heavy atom. The summed E-state index contributed by atoms with van der Waals surface area (Å²) in [7, 11) is -3.45. The molecule has 3 heterocycles. The van der Waals surface area contributed by atoms with E-state index in [1.165, 1.54) is 11.3 Å². The van der Waals surface area contributed by atoms with Crippen LogP contribution >= 0.6 is 22.7 Å². The first-order valence-electron chi connectivity index (χ1n) is 7.22. The Bertz CT molecular complexity index is 751. The molecule has 3 rings (SSSR count). The number of thiophene rings is 1. The van der Waals surface area contributed by atoms with Crippen molar-refractivity contribution >= 4 is 32.7 Å². The summed E-state index contributed by atoms with van der Waals surface area (Å²) in [4.78, 5) is 5.30. The summed E-state index contributed by atoms with van der Waals surface area (Å²) in [6.07, 6.45) is 1.65. The van der Waals surface area contributed by atoms with Crippen molar-refractivity contribution in [2.45, 2.75) is 43.0 Å². The van der Waals surface area contributed by atoms with E-state index < -0.39 is 10.0 Å². The highest BCUT2D eigenvalue weighted by Gasteiger charge is 2.25. The van der Waals surface area contributed by atoms with E-state index in [0.29, 0.717) is 10.3 Å². The average Bonchev–Trinajstić information content (AvgIpc) is 3.06. The van der Waals surface area contributed by atoms with E-state index in [1.54, 1.807) is 17.4 Å². The van der Waals surface area contributed by atoms with Crippen LogP contribution in [0.4, 0.5) is 0 Å². The zero-order chi connectivity index (χ0) is 15.7. The molecular formula is C14H19N3O2S3. The maximum atomic E-state index is 12.5. The Hall–Kier alpha value is -0.800. The van der Waals surface area contributed by atoms with Crippen molar-refractivity contribution < 1.29 is 8.42 Å². The molecule has 120 valence electrons. The molecule has 1 aliphatic rings. The third kappa shape index (κ3) is 3.57. The summed E-state index contributed by atoms with van der Waals surface area (Å²) in [6.45, 7) is 4.87. The number of rotatable bonds is 4. The van der Waals surface area contributed by atoms with E-state index in [9.17, 15) is 8.42 Å². The molecule has 0 saturated carbocycles. The lowest BCUT2D eigenvalue weighted by Crippen LogP contribution is -2.46. The van der Waals surface area contributed by atoms with Crippen LogP contribution in [0.3, 0.4) is 0 Å². The van der Waals surface area contributed by atoms with Gasteiger partial charge in [0.2, 0.25) is 10.0 Å². The molecule has 1 aliphatic heterocycles. The predicted octanol–water partition coefficient (Wildman–Crippen LogP) is 2.60. The molecule has 2 N–H and O–H groups in total. The molecule has 1 fully saturated rings. The van der Waals surface area contributed by atoms with Crippen molar-refractivity contribution in [1.29, 1.82) is 0 Å². The monoisotopic (exact) mass is 357 g/mol. The number of aryl methyl sites for hydroxylation is 1. The van der Waals surface area contributed by atoms with Crippen LogP contribution in [-0.2, 0) is 10.0 Å². The molecule has 2 unspecified atom stereocenters. The van der Waals surface area contributed by atoms with Crippen LogP contribution in [0.15, 0.2) is 21.7 Å². The van der Waals surface area contributed by atoms with Crippen LogP contribution in [0.2, 0.25) is 0 Å². The van der Waals surface area contributed by atoms with E-state index in [2.05, 4.69) is 21.9 Å². The molecule has 22 heavy (non-hydrogen) atoms. The number of nitrogens with one attached hydrogen (secondary N) is 2. The second kappa shape index (κ2) is 6.37. The summed E-state index contributed by atoms with van der Waals surface area (Å²) < 4.78 is 28.2. The maximum Gasteiger partial charge on any atom is 0.250 e. The molecule has 1 saturated heterocycles. The van der Waals surface area contributed by atoms with E-state index in [1.807, 2.05) is 18.4 Å². The van der Waals surface area contributed by atoms with Gasteiger partial charge < -0.3 is 5.32 Å². The normalized spacial score (nSPS) is 22.8. The minimum atomic E-state index is -3.45. The van der Waals surface area contributed by atoms with Crippen molar-refractivity contribution in [1.82, 2.24) is 15.0 Å². The second-order valence-corrected chi connectivity index (χ2v) is 9.66. The Morgan fingerprint density at radius 2 is 2.23 bits per heavy atom. The molecule has 8 heteroatoms. The summed E-state index contributed by atoms with van der Waals surface area (Å²) in [5.41, 5.74) is 0.851. The fourth-order valence-electron chi connectivity index (χ4n) is 2.60. The molecule has 0 amide bonds. The minimum Gasteiger partial charge on any atom is -0.314 e. The molecule has 2 aromatic heterocycles. The molecule has 5 nitrogen and oxygen atoms in total. The number of hydrogen-bond donors (Lipinski definition) is 2. The van der Waals surface area contributed by atoms with Crippen LogP contribution < -0.4 is 10.0 Å². The third-order valence-electron chi connectivity index (χ3n) is 3.66. The number of aromatic nitrogens is 1.